The molecule has 64 heavy (non-hydrogen) atoms. The largest absolute Gasteiger partial charge is 0.457 e. The van der Waals surface area contributed by atoms with Gasteiger partial charge in [-0.2, -0.15) is 0 Å². The summed E-state index contributed by atoms with van der Waals surface area (Å²) in [5, 5.41) is 4.11. The van der Waals surface area contributed by atoms with E-state index in [0.29, 0.717) is 33.0 Å². The van der Waals surface area contributed by atoms with Gasteiger partial charge in [-0.05, 0) is 134 Å². The highest BCUT2D eigenvalue weighted by atomic mass is 16.5. The molecule has 0 spiro atoms. The second-order valence-electron chi connectivity index (χ2n) is 16.5. The molecule has 1 aliphatic rings. The van der Waals surface area contributed by atoms with Crippen LogP contribution in [0.5, 0.6) is 11.5 Å². The van der Waals surface area contributed by atoms with Gasteiger partial charge in [0.25, 0.3) is 0 Å². The molecule has 0 radical (unpaired) electrons. The third-order valence-corrected chi connectivity index (χ3v) is 12.7. The van der Waals surface area contributed by atoms with E-state index in [0.717, 1.165) is 33.0 Å². The van der Waals surface area contributed by atoms with E-state index in [-0.39, 0.29) is 27.7 Å². The van der Waals surface area contributed by atoms with Crippen molar-refractivity contribution in [2.45, 2.75) is 19.3 Å². The van der Waals surface area contributed by atoms with Crippen LogP contribution in [-0.4, -0.2) is 0 Å². The molecule has 1 aliphatic carbocycles. The molecule has 11 aromatic rings. The lowest BCUT2D eigenvalue weighted by molar-refractivity contribution is 0.483. The molecule has 0 unspecified atom stereocenters. The van der Waals surface area contributed by atoms with Crippen LogP contribution in [0.25, 0.3) is 99.1 Å². The molecule has 0 saturated carbocycles. The Hall–Kier alpha value is -8.00. The first-order valence-electron chi connectivity index (χ1n) is 27.7. The van der Waals surface area contributed by atoms with E-state index in [2.05, 4.69) is 80.6 Å². The van der Waals surface area contributed by atoms with Crippen LogP contribution in [0.2, 0.25) is 0 Å². The molecule has 0 atom stereocenters. The first-order chi connectivity index (χ1) is 36.9. The Labute approximate surface area is 392 Å². The molecule has 0 fully saturated rings. The van der Waals surface area contributed by atoms with Crippen molar-refractivity contribution in [3.8, 4) is 78.3 Å². The van der Waals surface area contributed by atoms with Crippen LogP contribution in [-0.2, 0) is 5.41 Å². The third kappa shape index (κ3) is 6.00. The molecule has 0 heterocycles. The molecule has 12 rings (SSSR count). The Bertz CT molecular complexity index is 4220. The maximum Gasteiger partial charge on any atom is 0.128 e. The summed E-state index contributed by atoms with van der Waals surface area (Å²) in [6.07, 6.45) is 0. The Morgan fingerprint density at radius 3 is 1.56 bits per heavy atom. The van der Waals surface area contributed by atoms with E-state index in [1.807, 2.05) is 78.9 Å². The minimum Gasteiger partial charge on any atom is -0.457 e. The SMILES string of the molecule is [2H]c1c([2H])c([2H])c(-c2c([2H])c([2H])c([2H])c(-c3c([2H])c([2H])c([2H])c([2H])c3[2H])c2-c2c3ccccc3c(-c3ccc(-c4cccc5c4C(C)(C)c4ccccc4-5)c4ccccc34)c3cc(Oc4ccccc4)ccc23)c([2H])c1[2H]. The normalized spacial score (nSPS) is 15.5. The predicted octanol–water partition coefficient (Wildman–Crippen LogP) is 17.6. The first kappa shape index (κ1) is 26.5. The second kappa shape index (κ2) is 15.1. The highest BCUT2D eigenvalue weighted by molar-refractivity contribution is 6.26. The Balaban J connectivity index is 1.26. The minimum absolute atomic E-state index is 0.126. The molecular weight excluding hydrogens is 773 g/mol. The fourth-order valence-electron chi connectivity index (χ4n) is 10.0. The lowest BCUT2D eigenvalue weighted by atomic mass is 9.77. The number of para-hydroxylation sites is 1. The summed E-state index contributed by atoms with van der Waals surface area (Å²) in [6, 6.07) is 40.6. The summed E-state index contributed by atoms with van der Waals surface area (Å²) >= 11 is 0. The van der Waals surface area contributed by atoms with Gasteiger partial charge in [-0.3, -0.25) is 0 Å². The van der Waals surface area contributed by atoms with Gasteiger partial charge in [-0.25, -0.2) is 0 Å². The average Bonchev–Trinajstić information content (AvgIpc) is 3.71. The minimum atomic E-state index is -0.746. The molecular formula is C63H44O. The molecule has 0 N–H and O–H groups in total. The smallest absolute Gasteiger partial charge is 0.128 e. The number of benzene rings is 11. The van der Waals surface area contributed by atoms with Crippen molar-refractivity contribution in [2.24, 2.45) is 0 Å². The monoisotopic (exact) mass is 829 g/mol. The van der Waals surface area contributed by atoms with Crippen molar-refractivity contribution < 1.29 is 22.6 Å². The van der Waals surface area contributed by atoms with Crippen LogP contribution in [0.1, 0.15) is 42.8 Å². The van der Waals surface area contributed by atoms with Crippen LogP contribution in [0, 0.1) is 0 Å². The molecule has 0 aliphatic heterocycles. The van der Waals surface area contributed by atoms with Gasteiger partial charge in [0, 0.05) is 5.41 Å². The standard InChI is InChI=1S/C63H44O/c1-63(2)58-35-17-16-28-50(58)56-34-19-33-55(62(56)63)49-38-39-53(48-27-13-12-26-47(48)49)59-51-29-14-15-30-52(51)61(54-37-36-44(40-57(54)59)64-43-24-10-5-11-25-43)60-45(41-20-6-3-7-21-41)31-18-32-46(60)42-22-8-4-9-23-42/h3-40H,1-2H3/i3D,4D,6D,7D,8D,9D,18D,20D,21D,22D,23D,31D,32D. The van der Waals surface area contributed by atoms with E-state index in [9.17, 15) is 9.60 Å². The molecule has 0 aromatic heterocycles. The van der Waals surface area contributed by atoms with Gasteiger partial charge >= 0.3 is 0 Å². The van der Waals surface area contributed by atoms with Crippen molar-refractivity contribution in [1.29, 1.82) is 0 Å². The highest BCUT2D eigenvalue weighted by Gasteiger charge is 2.37. The lowest BCUT2D eigenvalue weighted by Crippen LogP contribution is -2.16. The second-order valence-corrected chi connectivity index (χ2v) is 16.5. The zero-order chi connectivity index (χ0) is 54.1. The zero-order valence-corrected chi connectivity index (χ0v) is 34.8. The van der Waals surface area contributed by atoms with E-state index in [1.165, 1.54) is 22.3 Å². The summed E-state index contributed by atoms with van der Waals surface area (Å²) in [4.78, 5) is 0. The van der Waals surface area contributed by atoms with E-state index in [4.69, 9.17) is 13.0 Å². The summed E-state index contributed by atoms with van der Waals surface area (Å²) in [5.74, 6) is 0.995. The van der Waals surface area contributed by atoms with Gasteiger partial charge in [0.15, 0.2) is 0 Å². The van der Waals surface area contributed by atoms with Crippen LogP contribution >= 0.6 is 0 Å². The summed E-state index contributed by atoms with van der Waals surface area (Å²) < 4.78 is 125. The zero-order valence-electron chi connectivity index (χ0n) is 47.8. The Kier molecular flexibility index (Phi) is 6.25. The van der Waals surface area contributed by atoms with Crippen LogP contribution in [0.3, 0.4) is 0 Å². The highest BCUT2D eigenvalue weighted by Crippen LogP contribution is 2.55. The van der Waals surface area contributed by atoms with E-state index >= 15 is 0 Å². The number of rotatable bonds is 7. The fraction of sp³-hybridized carbons (Fsp3) is 0.0476. The van der Waals surface area contributed by atoms with Crippen molar-refractivity contribution in [3.63, 3.8) is 0 Å². The molecule has 11 aromatic carbocycles. The topological polar surface area (TPSA) is 9.23 Å². The van der Waals surface area contributed by atoms with E-state index < -0.39 is 89.7 Å². The molecule has 0 bridgehead atoms. The predicted molar refractivity (Wildman–Crippen MR) is 270 cm³/mol. The van der Waals surface area contributed by atoms with Crippen LogP contribution in [0.4, 0.5) is 0 Å². The summed E-state index contributed by atoms with van der Waals surface area (Å²) in [7, 11) is 0. The number of hydrogen-bond donors (Lipinski definition) is 0. The van der Waals surface area contributed by atoms with E-state index in [1.54, 1.807) is 6.07 Å². The van der Waals surface area contributed by atoms with Gasteiger partial charge in [-0.15, -0.1) is 0 Å². The van der Waals surface area contributed by atoms with Gasteiger partial charge in [0.2, 0.25) is 0 Å². The summed E-state index contributed by atoms with van der Waals surface area (Å²) in [6.45, 7) is 4.54. The van der Waals surface area contributed by atoms with Crippen LogP contribution < -0.4 is 4.74 Å². The summed E-state index contributed by atoms with van der Waals surface area (Å²) in [5.41, 5.74) is 6.85. The van der Waals surface area contributed by atoms with Crippen molar-refractivity contribution in [3.05, 3.63) is 241 Å². The van der Waals surface area contributed by atoms with Gasteiger partial charge < -0.3 is 4.74 Å². The Morgan fingerprint density at radius 1 is 0.344 bits per heavy atom. The molecule has 1 heteroatoms. The van der Waals surface area contributed by atoms with Crippen LogP contribution in [0.15, 0.2) is 230 Å². The number of hydrogen-bond acceptors (Lipinski definition) is 1. The van der Waals surface area contributed by atoms with Gasteiger partial charge in [0.1, 0.15) is 11.5 Å². The quantitative estimate of drug-likeness (QED) is 0.145. The van der Waals surface area contributed by atoms with Gasteiger partial charge in [-0.1, -0.05) is 220 Å². The average molecular weight is 830 g/mol. The maximum atomic E-state index is 9.72. The molecule has 0 saturated heterocycles. The van der Waals surface area contributed by atoms with Crippen molar-refractivity contribution in [1.82, 2.24) is 0 Å². The lowest BCUT2D eigenvalue weighted by Gasteiger charge is -2.26. The Morgan fingerprint density at radius 2 is 0.875 bits per heavy atom. The van der Waals surface area contributed by atoms with Crippen molar-refractivity contribution >= 4 is 32.3 Å². The van der Waals surface area contributed by atoms with Crippen molar-refractivity contribution in [2.75, 3.05) is 0 Å². The van der Waals surface area contributed by atoms with Gasteiger partial charge in [0.05, 0.1) is 17.8 Å². The maximum absolute atomic E-state index is 9.72. The fourth-order valence-corrected chi connectivity index (χ4v) is 10.0. The third-order valence-electron chi connectivity index (χ3n) is 12.7. The molecule has 302 valence electrons. The first-order valence-corrected chi connectivity index (χ1v) is 21.2. The molecule has 1 nitrogen and oxygen atoms in total. The number of ether oxygens (including phenoxy) is 1. The molecule has 0 amide bonds. The number of fused-ring (bicyclic) bond motifs is 6.